The first-order valence-corrected chi connectivity index (χ1v) is 10.8. The van der Waals surface area contributed by atoms with Gasteiger partial charge in [-0.1, -0.05) is 42.1 Å². The van der Waals surface area contributed by atoms with Gasteiger partial charge in [0.05, 0.1) is 12.3 Å². The molecule has 0 unspecified atom stereocenters. The molecule has 1 aliphatic rings. The van der Waals surface area contributed by atoms with Crippen molar-refractivity contribution in [3.8, 4) is 11.4 Å². The quantitative estimate of drug-likeness (QED) is 0.431. The van der Waals surface area contributed by atoms with Crippen molar-refractivity contribution in [1.29, 1.82) is 0 Å². The topological polar surface area (TPSA) is 69.0 Å². The lowest BCUT2D eigenvalue weighted by Gasteiger charge is -2.10. The lowest BCUT2D eigenvalue weighted by Crippen LogP contribution is -2.29. The molecule has 1 fully saturated rings. The summed E-state index contributed by atoms with van der Waals surface area (Å²) in [4.78, 5) is 12.2. The third-order valence-electron chi connectivity index (χ3n) is 4.63. The molecule has 4 rings (SSSR count). The van der Waals surface area contributed by atoms with Crippen molar-refractivity contribution in [1.82, 2.24) is 20.1 Å². The van der Waals surface area contributed by atoms with Crippen molar-refractivity contribution in [3.05, 3.63) is 66.0 Å². The van der Waals surface area contributed by atoms with Crippen LogP contribution in [0.25, 0.3) is 5.69 Å². The first-order chi connectivity index (χ1) is 14.2. The molecule has 150 valence electrons. The van der Waals surface area contributed by atoms with E-state index in [-0.39, 0.29) is 5.91 Å². The number of ether oxygens (including phenoxy) is 1. The number of benzene rings is 2. The molecule has 6 nitrogen and oxygen atoms in total. The van der Waals surface area contributed by atoms with Crippen molar-refractivity contribution >= 4 is 17.7 Å². The van der Waals surface area contributed by atoms with Crippen molar-refractivity contribution in [2.45, 2.75) is 30.8 Å². The molecule has 2 aromatic carbocycles. The highest BCUT2D eigenvalue weighted by Crippen LogP contribution is 2.41. The zero-order chi connectivity index (χ0) is 20.1. The number of thioether (sulfide) groups is 1. The second kappa shape index (κ2) is 9.13. The Bertz CT molecular complexity index is 970. The minimum atomic E-state index is -0.0431. The van der Waals surface area contributed by atoms with Gasteiger partial charge in [-0.3, -0.25) is 9.36 Å². The number of aryl methyl sites for hydroxylation is 1. The maximum absolute atomic E-state index is 12.2. The Hall–Kier alpha value is -2.80. The molecule has 0 bridgehead atoms. The Morgan fingerprint density at radius 3 is 2.76 bits per heavy atom. The van der Waals surface area contributed by atoms with Gasteiger partial charge in [-0.15, -0.1) is 10.2 Å². The minimum absolute atomic E-state index is 0.0431. The third-order valence-corrected chi connectivity index (χ3v) is 5.56. The Labute approximate surface area is 174 Å². The molecular weight excluding hydrogens is 384 g/mol. The number of aromatic nitrogens is 3. The fourth-order valence-corrected chi connectivity index (χ4v) is 3.83. The van der Waals surface area contributed by atoms with Crippen molar-refractivity contribution < 1.29 is 9.53 Å². The van der Waals surface area contributed by atoms with E-state index < -0.39 is 0 Å². The minimum Gasteiger partial charge on any atom is -0.492 e. The zero-order valence-electron chi connectivity index (χ0n) is 16.4. The number of rotatable bonds is 9. The maximum atomic E-state index is 12.2. The molecule has 0 aliphatic heterocycles. The normalized spacial score (nSPS) is 13.3. The van der Waals surface area contributed by atoms with Crippen LogP contribution in [0.2, 0.25) is 0 Å². The van der Waals surface area contributed by atoms with Crippen molar-refractivity contribution in [2.24, 2.45) is 0 Å². The molecule has 1 heterocycles. The molecule has 0 spiro atoms. The molecule has 1 aliphatic carbocycles. The van der Waals surface area contributed by atoms with Crippen LogP contribution in [0.4, 0.5) is 0 Å². The first kappa shape index (κ1) is 19.5. The number of para-hydroxylation sites is 1. The van der Waals surface area contributed by atoms with Gasteiger partial charge in [0.1, 0.15) is 18.2 Å². The lowest BCUT2D eigenvalue weighted by atomic mass is 10.2. The van der Waals surface area contributed by atoms with Crippen LogP contribution in [-0.2, 0) is 4.79 Å². The van der Waals surface area contributed by atoms with Gasteiger partial charge < -0.3 is 10.1 Å². The molecule has 0 atom stereocenters. The summed E-state index contributed by atoms with van der Waals surface area (Å²) in [7, 11) is 0. The fraction of sp³-hybridized carbons (Fsp3) is 0.318. The zero-order valence-corrected chi connectivity index (χ0v) is 17.2. The third kappa shape index (κ3) is 5.17. The number of nitrogens with one attached hydrogen (secondary N) is 1. The Balaban J connectivity index is 1.29. The van der Waals surface area contributed by atoms with E-state index in [1.54, 1.807) is 0 Å². The molecule has 1 aromatic heterocycles. The summed E-state index contributed by atoms with van der Waals surface area (Å²) in [5.41, 5.74) is 2.19. The Morgan fingerprint density at radius 2 is 2.00 bits per heavy atom. The highest BCUT2D eigenvalue weighted by atomic mass is 32.2. The summed E-state index contributed by atoms with van der Waals surface area (Å²) in [6.07, 6.45) is 2.30. The molecule has 1 saturated carbocycles. The second-order valence-electron chi connectivity index (χ2n) is 7.09. The Kier molecular flexibility index (Phi) is 6.14. The smallest absolute Gasteiger partial charge is 0.230 e. The summed E-state index contributed by atoms with van der Waals surface area (Å²) in [5.74, 6) is 2.53. The average Bonchev–Trinajstić information content (AvgIpc) is 3.49. The first-order valence-electron chi connectivity index (χ1n) is 9.80. The van der Waals surface area contributed by atoms with Crippen LogP contribution in [0.5, 0.6) is 5.75 Å². The summed E-state index contributed by atoms with van der Waals surface area (Å²) in [5, 5.41) is 12.4. The van der Waals surface area contributed by atoms with E-state index in [1.165, 1.54) is 11.8 Å². The van der Waals surface area contributed by atoms with Gasteiger partial charge in [-0.05, 0) is 49.6 Å². The van der Waals surface area contributed by atoms with Crippen LogP contribution in [0.15, 0.2) is 59.8 Å². The van der Waals surface area contributed by atoms with E-state index in [2.05, 4.69) is 20.1 Å². The summed E-state index contributed by atoms with van der Waals surface area (Å²) in [6, 6.07) is 18.0. The fourth-order valence-electron chi connectivity index (χ4n) is 3.05. The van der Waals surface area contributed by atoms with Crippen LogP contribution in [0, 0.1) is 6.92 Å². The van der Waals surface area contributed by atoms with E-state index in [4.69, 9.17) is 4.74 Å². The predicted octanol–water partition coefficient (Wildman–Crippen LogP) is 3.74. The van der Waals surface area contributed by atoms with E-state index in [0.717, 1.165) is 40.8 Å². The van der Waals surface area contributed by atoms with Crippen LogP contribution in [-0.4, -0.2) is 39.6 Å². The standard InChI is InChI=1S/C22H24N4O2S/c1-16-6-5-9-19(14-16)28-13-12-23-20(27)15-29-22-25-24-21(17-10-11-17)26(22)18-7-3-2-4-8-18/h2-9,14,17H,10-13,15H2,1H3,(H,23,27). The maximum Gasteiger partial charge on any atom is 0.230 e. The van der Waals surface area contributed by atoms with E-state index in [0.29, 0.717) is 24.8 Å². The SMILES string of the molecule is Cc1cccc(OCCNC(=O)CSc2nnc(C3CC3)n2-c2ccccc2)c1. The number of amides is 1. The summed E-state index contributed by atoms with van der Waals surface area (Å²) >= 11 is 1.41. The molecule has 7 heteroatoms. The lowest BCUT2D eigenvalue weighted by molar-refractivity contribution is -0.118. The average molecular weight is 409 g/mol. The van der Waals surface area contributed by atoms with Gasteiger partial charge in [0.25, 0.3) is 0 Å². The van der Waals surface area contributed by atoms with Crippen LogP contribution < -0.4 is 10.1 Å². The number of hydrogen-bond donors (Lipinski definition) is 1. The van der Waals surface area contributed by atoms with E-state index >= 15 is 0 Å². The van der Waals surface area contributed by atoms with Crippen LogP contribution in [0.3, 0.4) is 0 Å². The van der Waals surface area contributed by atoms with Gasteiger partial charge in [0.15, 0.2) is 5.16 Å². The van der Waals surface area contributed by atoms with Gasteiger partial charge in [-0.25, -0.2) is 0 Å². The number of carbonyl (C=O) groups is 1. The number of hydrogen-bond acceptors (Lipinski definition) is 5. The molecule has 0 radical (unpaired) electrons. The van der Waals surface area contributed by atoms with Crippen LogP contribution in [0.1, 0.15) is 30.1 Å². The van der Waals surface area contributed by atoms with Crippen molar-refractivity contribution in [2.75, 3.05) is 18.9 Å². The Morgan fingerprint density at radius 1 is 1.17 bits per heavy atom. The van der Waals surface area contributed by atoms with Gasteiger partial charge in [-0.2, -0.15) is 0 Å². The largest absolute Gasteiger partial charge is 0.492 e. The van der Waals surface area contributed by atoms with Gasteiger partial charge in [0.2, 0.25) is 5.91 Å². The van der Waals surface area contributed by atoms with Gasteiger partial charge >= 0.3 is 0 Å². The highest BCUT2D eigenvalue weighted by molar-refractivity contribution is 7.99. The molecule has 3 aromatic rings. The number of nitrogens with zero attached hydrogens (tertiary/aromatic N) is 3. The van der Waals surface area contributed by atoms with Gasteiger partial charge in [0, 0.05) is 11.6 Å². The van der Waals surface area contributed by atoms with E-state index in [1.807, 2.05) is 61.5 Å². The molecule has 1 N–H and O–H groups in total. The molecule has 29 heavy (non-hydrogen) atoms. The molecular formula is C22H24N4O2S. The monoisotopic (exact) mass is 408 g/mol. The second-order valence-corrected chi connectivity index (χ2v) is 8.03. The van der Waals surface area contributed by atoms with E-state index in [9.17, 15) is 4.79 Å². The molecule has 0 saturated heterocycles. The predicted molar refractivity (Wildman–Crippen MR) is 114 cm³/mol. The van der Waals surface area contributed by atoms with Crippen molar-refractivity contribution in [3.63, 3.8) is 0 Å². The molecule has 1 amide bonds. The van der Waals surface area contributed by atoms with Crippen LogP contribution >= 0.6 is 11.8 Å². The summed E-state index contributed by atoms with van der Waals surface area (Å²) in [6.45, 7) is 2.92. The highest BCUT2D eigenvalue weighted by Gasteiger charge is 2.31. The summed E-state index contributed by atoms with van der Waals surface area (Å²) < 4.78 is 7.75. The number of carbonyl (C=O) groups excluding carboxylic acids is 1.